The van der Waals surface area contributed by atoms with Gasteiger partial charge in [-0.1, -0.05) is 12.1 Å². The van der Waals surface area contributed by atoms with Gasteiger partial charge >= 0.3 is 0 Å². The lowest BCUT2D eigenvalue weighted by molar-refractivity contribution is 0.249. The molecule has 0 bridgehead atoms. The quantitative estimate of drug-likeness (QED) is 0.544. The van der Waals surface area contributed by atoms with Crippen LogP contribution >= 0.6 is 0 Å². The van der Waals surface area contributed by atoms with E-state index in [1.165, 1.54) is 5.56 Å². The molecular formula is C20H22N8. The Bertz CT molecular complexity index is 1060. The minimum Gasteiger partial charge on any atom is -0.354 e. The van der Waals surface area contributed by atoms with Crippen LogP contribution in [0.5, 0.6) is 0 Å². The molecule has 3 aromatic heterocycles. The fourth-order valence-corrected chi connectivity index (χ4v) is 3.71. The van der Waals surface area contributed by atoms with Crippen LogP contribution in [0.15, 0.2) is 55.1 Å². The lowest BCUT2D eigenvalue weighted by Gasteiger charge is -2.36. The Morgan fingerprint density at radius 1 is 1.00 bits per heavy atom. The number of hydrogen-bond donors (Lipinski definition) is 0. The zero-order valence-electron chi connectivity index (χ0n) is 15.8. The molecule has 0 N–H and O–H groups in total. The third-order valence-corrected chi connectivity index (χ3v) is 5.17. The average Bonchev–Trinajstić information content (AvgIpc) is 3.40. The molecule has 8 nitrogen and oxygen atoms in total. The summed E-state index contributed by atoms with van der Waals surface area (Å²) in [6, 6.07) is 12.7. The number of rotatable bonds is 4. The van der Waals surface area contributed by atoms with Gasteiger partial charge in [-0.05, 0) is 30.7 Å². The van der Waals surface area contributed by atoms with Gasteiger partial charge in [0.05, 0.1) is 5.69 Å². The number of hydrogen-bond acceptors (Lipinski definition) is 6. The lowest BCUT2D eigenvalue weighted by atomic mass is 10.2. The van der Waals surface area contributed by atoms with Gasteiger partial charge < -0.3 is 4.90 Å². The molecule has 0 spiro atoms. The Labute approximate surface area is 163 Å². The Kier molecular flexibility index (Phi) is 4.25. The highest BCUT2D eigenvalue weighted by atomic mass is 15.4. The van der Waals surface area contributed by atoms with Crippen molar-refractivity contribution < 1.29 is 0 Å². The molecule has 1 saturated heterocycles. The Balaban J connectivity index is 1.24. The minimum atomic E-state index is 0.662. The van der Waals surface area contributed by atoms with Crippen molar-refractivity contribution in [1.29, 1.82) is 0 Å². The molecule has 0 saturated carbocycles. The van der Waals surface area contributed by atoms with Gasteiger partial charge in [-0.3, -0.25) is 4.90 Å². The van der Waals surface area contributed by atoms with Crippen molar-refractivity contribution in [3.63, 3.8) is 0 Å². The highest BCUT2D eigenvalue weighted by Gasteiger charge is 2.20. The smallest absolute Gasteiger partial charge is 0.254 e. The molecule has 8 heteroatoms. The first-order valence-electron chi connectivity index (χ1n) is 9.50. The van der Waals surface area contributed by atoms with Crippen molar-refractivity contribution in [2.24, 2.45) is 0 Å². The van der Waals surface area contributed by atoms with Crippen LogP contribution in [0.1, 0.15) is 11.3 Å². The van der Waals surface area contributed by atoms with E-state index in [4.69, 9.17) is 0 Å². The van der Waals surface area contributed by atoms with Crippen molar-refractivity contribution in [2.75, 3.05) is 31.1 Å². The van der Waals surface area contributed by atoms with E-state index in [0.29, 0.717) is 5.78 Å². The third-order valence-electron chi connectivity index (χ3n) is 5.17. The topological polar surface area (TPSA) is 67.4 Å². The zero-order chi connectivity index (χ0) is 18.9. The average molecular weight is 374 g/mol. The van der Waals surface area contributed by atoms with Crippen molar-refractivity contribution >= 4 is 11.6 Å². The summed E-state index contributed by atoms with van der Waals surface area (Å²) in [5.41, 5.74) is 3.38. The first kappa shape index (κ1) is 16.9. The lowest BCUT2D eigenvalue weighted by Crippen LogP contribution is -2.46. The highest BCUT2D eigenvalue weighted by Crippen LogP contribution is 2.19. The summed E-state index contributed by atoms with van der Waals surface area (Å²) in [6.07, 6.45) is 5.32. The zero-order valence-corrected chi connectivity index (χ0v) is 15.8. The van der Waals surface area contributed by atoms with Crippen LogP contribution in [0.3, 0.4) is 0 Å². The number of piperazine rings is 1. The fraction of sp³-hybridized carbons (Fsp3) is 0.300. The fourth-order valence-electron chi connectivity index (χ4n) is 3.71. The molecule has 4 heterocycles. The van der Waals surface area contributed by atoms with Crippen molar-refractivity contribution in [1.82, 2.24) is 34.3 Å². The van der Waals surface area contributed by atoms with Crippen molar-refractivity contribution in [2.45, 2.75) is 13.5 Å². The first-order chi connectivity index (χ1) is 13.8. The summed E-state index contributed by atoms with van der Waals surface area (Å²) < 4.78 is 3.71. The standard InChI is InChI=1S/C20H22N8/c1-16-13-19(28-20(24-16)21-15-23-28)26-11-9-25(10-12-26)14-17-3-5-18(6-4-17)27-8-2-7-22-27/h2-8,13,15H,9-12,14H2,1H3. The van der Waals surface area contributed by atoms with Gasteiger partial charge in [0.1, 0.15) is 12.1 Å². The predicted molar refractivity (Wildman–Crippen MR) is 107 cm³/mol. The molecule has 4 aromatic rings. The molecule has 142 valence electrons. The number of benzene rings is 1. The second-order valence-electron chi connectivity index (χ2n) is 7.11. The van der Waals surface area contributed by atoms with Gasteiger partial charge in [-0.15, -0.1) is 0 Å². The largest absolute Gasteiger partial charge is 0.354 e. The minimum absolute atomic E-state index is 0.662. The third kappa shape index (κ3) is 3.22. The number of aryl methyl sites for hydroxylation is 1. The van der Waals surface area contributed by atoms with Crippen LogP contribution in [0, 0.1) is 6.92 Å². The van der Waals surface area contributed by atoms with E-state index >= 15 is 0 Å². The highest BCUT2D eigenvalue weighted by molar-refractivity contribution is 5.47. The Hall–Kier alpha value is -3.26. The number of nitrogens with zero attached hydrogens (tertiary/aromatic N) is 8. The van der Waals surface area contributed by atoms with E-state index in [0.717, 1.165) is 49.9 Å². The summed E-state index contributed by atoms with van der Waals surface area (Å²) in [5, 5.41) is 8.61. The second-order valence-corrected chi connectivity index (χ2v) is 7.11. The molecule has 0 amide bonds. The molecule has 5 rings (SSSR count). The molecule has 1 fully saturated rings. The van der Waals surface area contributed by atoms with Crippen LogP contribution in [-0.4, -0.2) is 60.4 Å². The van der Waals surface area contributed by atoms with Gasteiger partial charge in [0, 0.05) is 56.9 Å². The molecule has 1 aliphatic heterocycles. The monoisotopic (exact) mass is 374 g/mol. The molecule has 1 aromatic carbocycles. The summed E-state index contributed by atoms with van der Waals surface area (Å²) in [7, 11) is 0. The number of anilines is 1. The van der Waals surface area contributed by atoms with Gasteiger partial charge in [0.2, 0.25) is 0 Å². The Morgan fingerprint density at radius 3 is 2.57 bits per heavy atom. The van der Waals surface area contributed by atoms with E-state index in [-0.39, 0.29) is 0 Å². The van der Waals surface area contributed by atoms with Crippen LogP contribution in [0.2, 0.25) is 0 Å². The molecule has 0 unspecified atom stereocenters. The second kappa shape index (κ2) is 7.05. The number of aromatic nitrogens is 6. The number of fused-ring (bicyclic) bond motifs is 1. The van der Waals surface area contributed by atoms with E-state index in [1.807, 2.05) is 28.4 Å². The van der Waals surface area contributed by atoms with Gasteiger partial charge in [-0.25, -0.2) is 9.67 Å². The maximum Gasteiger partial charge on any atom is 0.254 e. The van der Waals surface area contributed by atoms with Crippen molar-refractivity contribution in [3.05, 3.63) is 66.4 Å². The Morgan fingerprint density at radius 2 is 1.82 bits per heavy atom. The first-order valence-corrected chi connectivity index (χ1v) is 9.50. The van der Waals surface area contributed by atoms with Crippen LogP contribution in [0.25, 0.3) is 11.5 Å². The van der Waals surface area contributed by atoms with Gasteiger partial charge in [0.15, 0.2) is 0 Å². The molecule has 0 atom stereocenters. The van der Waals surface area contributed by atoms with Crippen LogP contribution in [0.4, 0.5) is 5.82 Å². The molecule has 28 heavy (non-hydrogen) atoms. The van der Waals surface area contributed by atoms with E-state index in [1.54, 1.807) is 12.5 Å². The van der Waals surface area contributed by atoms with E-state index in [2.05, 4.69) is 60.3 Å². The van der Waals surface area contributed by atoms with Crippen LogP contribution in [-0.2, 0) is 6.54 Å². The molecule has 0 aliphatic carbocycles. The van der Waals surface area contributed by atoms with E-state index in [9.17, 15) is 0 Å². The predicted octanol–water partition coefficient (Wildman–Crippen LogP) is 1.94. The SMILES string of the molecule is Cc1cc(N2CCN(Cc3ccc(-n4cccn4)cc3)CC2)n2ncnc2n1. The van der Waals surface area contributed by atoms with Gasteiger partial charge in [-0.2, -0.15) is 19.7 Å². The summed E-state index contributed by atoms with van der Waals surface area (Å²) in [4.78, 5) is 13.5. The molecular weight excluding hydrogens is 352 g/mol. The van der Waals surface area contributed by atoms with Crippen molar-refractivity contribution in [3.8, 4) is 5.69 Å². The van der Waals surface area contributed by atoms with Crippen LogP contribution < -0.4 is 4.90 Å². The molecule has 0 radical (unpaired) electrons. The van der Waals surface area contributed by atoms with Gasteiger partial charge in [0.25, 0.3) is 5.78 Å². The maximum atomic E-state index is 4.43. The summed E-state index contributed by atoms with van der Waals surface area (Å²) in [6.45, 7) is 6.91. The summed E-state index contributed by atoms with van der Waals surface area (Å²) in [5.74, 6) is 1.73. The van der Waals surface area contributed by atoms with E-state index < -0.39 is 0 Å². The maximum absolute atomic E-state index is 4.43. The normalized spacial score (nSPS) is 15.4. The summed E-state index contributed by atoms with van der Waals surface area (Å²) >= 11 is 0. The molecule has 1 aliphatic rings.